The molecule has 1 unspecified atom stereocenters. The molecule has 0 spiro atoms. The van der Waals surface area contributed by atoms with Crippen molar-refractivity contribution in [2.24, 2.45) is 0 Å². The SMILES string of the molecule is CC/C=C\C/C=C\C/C=C\C/C=C\CCCCCCCCCCCCC(=O)OCC(COC(=O)CCCCCCCCCC)OC(=O)CCCCCCCCC/C=C\CCCCCCCCC. The summed E-state index contributed by atoms with van der Waals surface area (Å²) < 4.78 is 16.8. The minimum absolute atomic E-state index is 0.0749. The van der Waals surface area contributed by atoms with E-state index in [0.29, 0.717) is 19.3 Å². The van der Waals surface area contributed by atoms with E-state index in [9.17, 15) is 14.4 Å². The van der Waals surface area contributed by atoms with Crippen molar-refractivity contribution in [3.8, 4) is 0 Å². The highest BCUT2D eigenvalue weighted by molar-refractivity contribution is 5.71. The van der Waals surface area contributed by atoms with E-state index in [-0.39, 0.29) is 31.1 Å². The number of carbonyl (C=O) groups excluding carboxylic acids is 3. The Balaban J connectivity index is 4.22. The third-order valence-corrected chi connectivity index (χ3v) is 12.5. The highest BCUT2D eigenvalue weighted by atomic mass is 16.6. The van der Waals surface area contributed by atoms with Crippen molar-refractivity contribution in [3.05, 3.63) is 60.8 Å². The van der Waals surface area contributed by atoms with Crippen molar-refractivity contribution in [3.63, 3.8) is 0 Å². The second-order valence-electron chi connectivity index (χ2n) is 19.2. The van der Waals surface area contributed by atoms with Gasteiger partial charge in [0.2, 0.25) is 0 Å². The standard InChI is InChI=1S/C61H108O6/c1-4-7-10-13-16-19-21-23-25-27-29-30-31-32-33-35-36-38-40-42-45-48-51-54-60(63)66-57-58(56-65-59(62)53-50-47-44-18-15-12-9-6-3)67-61(64)55-52-49-46-43-41-39-37-34-28-26-24-22-20-17-14-11-8-5-2/h7,10,16,19,23,25-26,28-30,58H,4-6,8-9,11-15,17-18,20-22,24,27,31-57H2,1-3H3/b10-7-,19-16-,25-23-,28-26-,30-29-. The maximum atomic E-state index is 12.8. The molecule has 1 atom stereocenters. The quantitative estimate of drug-likeness (QED) is 0.0262. The van der Waals surface area contributed by atoms with Crippen LogP contribution in [0.25, 0.3) is 0 Å². The molecule has 0 aromatic carbocycles. The van der Waals surface area contributed by atoms with Gasteiger partial charge in [-0.3, -0.25) is 14.4 Å². The first kappa shape index (κ1) is 64.1. The lowest BCUT2D eigenvalue weighted by atomic mass is 10.1. The summed E-state index contributed by atoms with van der Waals surface area (Å²) in [5, 5.41) is 0. The third kappa shape index (κ3) is 53.9. The van der Waals surface area contributed by atoms with E-state index in [4.69, 9.17) is 14.2 Å². The van der Waals surface area contributed by atoms with Crippen molar-refractivity contribution >= 4 is 17.9 Å². The van der Waals surface area contributed by atoms with Crippen LogP contribution in [0, 0.1) is 0 Å². The summed E-state index contributed by atoms with van der Waals surface area (Å²) in [6.45, 7) is 6.51. The first-order valence-corrected chi connectivity index (χ1v) is 28.8. The van der Waals surface area contributed by atoms with Gasteiger partial charge in [0.15, 0.2) is 6.10 Å². The van der Waals surface area contributed by atoms with Crippen LogP contribution >= 0.6 is 0 Å². The Kier molecular flexibility index (Phi) is 53.3. The van der Waals surface area contributed by atoms with Crippen LogP contribution in [-0.2, 0) is 28.6 Å². The highest BCUT2D eigenvalue weighted by Gasteiger charge is 2.19. The van der Waals surface area contributed by atoms with E-state index in [1.807, 2.05) is 0 Å². The Morgan fingerprint density at radius 2 is 0.582 bits per heavy atom. The summed E-state index contributed by atoms with van der Waals surface area (Å²) in [7, 11) is 0. The first-order chi connectivity index (χ1) is 33.0. The van der Waals surface area contributed by atoms with E-state index in [2.05, 4.69) is 81.5 Å². The molecular weight excluding hydrogens is 829 g/mol. The maximum Gasteiger partial charge on any atom is 0.306 e. The van der Waals surface area contributed by atoms with Gasteiger partial charge in [-0.15, -0.1) is 0 Å². The van der Waals surface area contributed by atoms with Gasteiger partial charge >= 0.3 is 17.9 Å². The molecule has 0 aliphatic rings. The second kappa shape index (κ2) is 55.7. The fourth-order valence-corrected chi connectivity index (χ4v) is 8.19. The third-order valence-electron chi connectivity index (χ3n) is 12.5. The van der Waals surface area contributed by atoms with Crippen LogP contribution < -0.4 is 0 Å². The second-order valence-corrected chi connectivity index (χ2v) is 19.2. The van der Waals surface area contributed by atoms with Crippen LogP contribution in [-0.4, -0.2) is 37.2 Å². The summed E-state index contributed by atoms with van der Waals surface area (Å²) in [5.74, 6) is -0.878. The highest BCUT2D eigenvalue weighted by Crippen LogP contribution is 2.16. The van der Waals surface area contributed by atoms with Crippen LogP contribution in [0.3, 0.4) is 0 Å². The largest absolute Gasteiger partial charge is 0.462 e. The molecule has 0 bridgehead atoms. The zero-order valence-electron chi connectivity index (χ0n) is 44.4. The molecule has 388 valence electrons. The summed E-state index contributed by atoms with van der Waals surface area (Å²) in [4.78, 5) is 38.0. The molecule has 67 heavy (non-hydrogen) atoms. The van der Waals surface area contributed by atoms with Gasteiger partial charge < -0.3 is 14.2 Å². The molecule has 0 radical (unpaired) electrons. The van der Waals surface area contributed by atoms with Crippen molar-refractivity contribution < 1.29 is 28.6 Å². The average molecular weight is 938 g/mol. The Morgan fingerprint density at radius 3 is 0.925 bits per heavy atom. The van der Waals surface area contributed by atoms with E-state index in [0.717, 1.165) is 83.5 Å². The summed E-state index contributed by atoms with van der Waals surface area (Å²) >= 11 is 0. The minimum atomic E-state index is -0.775. The number of esters is 3. The van der Waals surface area contributed by atoms with Crippen LogP contribution in [0.4, 0.5) is 0 Å². The number of ether oxygens (including phenoxy) is 3. The first-order valence-electron chi connectivity index (χ1n) is 28.8. The number of unbranched alkanes of at least 4 members (excludes halogenated alkanes) is 31. The molecule has 0 amide bonds. The fourth-order valence-electron chi connectivity index (χ4n) is 8.19. The molecule has 0 aromatic rings. The van der Waals surface area contributed by atoms with E-state index < -0.39 is 6.10 Å². The van der Waals surface area contributed by atoms with Crippen LogP contribution in [0.1, 0.15) is 290 Å². The molecule has 0 rings (SSSR count). The Morgan fingerprint density at radius 1 is 0.313 bits per heavy atom. The number of hydrogen-bond donors (Lipinski definition) is 0. The lowest BCUT2D eigenvalue weighted by Crippen LogP contribution is -2.30. The zero-order valence-corrected chi connectivity index (χ0v) is 44.4. The van der Waals surface area contributed by atoms with Gasteiger partial charge in [-0.05, 0) is 83.5 Å². The fraction of sp³-hybridized carbons (Fsp3) is 0.787. The predicted molar refractivity (Wildman–Crippen MR) is 288 cm³/mol. The lowest BCUT2D eigenvalue weighted by molar-refractivity contribution is -0.167. The van der Waals surface area contributed by atoms with Crippen molar-refractivity contribution in [1.82, 2.24) is 0 Å². The van der Waals surface area contributed by atoms with Crippen LogP contribution in [0.2, 0.25) is 0 Å². The van der Waals surface area contributed by atoms with Gasteiger partial charge in [-0.1, -0.05) is 248 Å². The van der Waals surface area contributed by atoms with Gasteiger partial charge in [-0.25, -0.2) is 0 Å². The Bertz CT molecular complexity index is 1210. The summed E-state index contributed by atoms with van der Waals surface area (Å²) in [6, 6.07) is 0. The van der Waals surface area contributed by atoms with E-state index >= 15 is 0 Å². The molecule has 6 heteroatoms. The molecule has 0 aliphatic heterocycles. The van der Waals surface area contributed by atoms with Gasteiger partial charge in [0, 0.05) is 19.3 Å². The monoisotopic (exact) mass is 937 g/mol. The van der Waals surface area contributed by atoms with Crippen LogP contribution in [0.15, 0.2) is 60.8 Å². The summed E-state index contributed by atoms with van der Waals surface area (Å²) in [5.41, 5.74) is 0. The number of hydrogen-bond acceptors (Lipinski definition) is 6. The number of allylic oxidation sites excluding steroid dienone is 10. The number of carbonyl (C=O) groups is 3. The Labute approximate surface area is 415 Å². The average Bonchev–Trinajstić information content (AvgIpc) is 3.33. The van der Waals surface area contributed by atoms with Gasteiger partial charge in [0.25, 0.3) is 0 Å². The summed E-state index contributed by atoms with van der Waals surface area (Å²) in [6.07, 6.45) is 69.4. The van der Waals surface area contributed by atoms with Gasteiger partial charge in [0.05, 0.1) is 0 Å². The van der Waals surface area contributed by atoms with Gasteiger partial charge in [0.1, 0.15) is 13.2 Å². The molecule has 0 aliphatic carbocycles. The maximum absolute atomic E-state index is 12.8. The predicted octanol–water partition coefficient (Wildman–Crippen LogP) is 19.2. The topological polar surface area (TPSA) is 78.9 Å². The lowest BCUT2D eigenvalue weighted by Gasteiger charge is -2.18. The number of rotatable bonds is 52. The van der Waals surface area contributed by atoms with E-state index in [1.165, 1.54) is 167 Å². The minimum Gasteiger partial charge on any atom is -0.462 e. The van der Waals surface area contributed by atoms with Gasteiger partial charge in [-0.2, -0.15) is 0 Å². The molecule has 0 heterocycles. The van der Waals surface area contributed by atoms with Crippen LogP contribution in [0.5, 0.6) is 0 Å². The van der Waals surface area contributed by atoms with Crippen molar-refractivity contribution in [2.75, 3.05) is 13.2 Å². The molecule has 0 N–H and O–H groups in total. The molecule has 0 aromatic heterocycles. The molecule has 0 saturated carbocycles. The molecule has 0 fully saturated rings. The van der Waals surface area contributed by atoms with Crippen molar-refractivity contribution in [2.45, 2.75) is 297 Å². The zero-order chi connectivity index (χ0) is 48.6. The normalized spacial score (nSPS) is 12.5. The molecule has 6 nitrogen and oxygen atoms in total. The smallest absolute Gasteiger partial charge is 0.306 e. The Hall–Kier alpha value is -2.89. The van der Waals surface area contributed by atoms with E-state index in [1.54, 1.807) is 0 Å². The van der Waals surface area contributed by atoms with Crippen molar-refractivity contribution in [1.29, 1.82) is 0 Å². The molecule has 0 saturated heterocycles. The molecular formula is C61H108O6.